The van der Waals surface area contributed by atoms with Crippen LogP contribution in [-0.4, -0.2) is 23.6 Å². The van der Waals surface area contributed by atoms with Crippen LogP contribution in [0.4, 0.5) is 11.8 Å². The molecule has 0 atom stereocenters. The monoisotopic (exact) mass is 304 g/mol. The molecule has 0 aromatic carbocycles. The van der Waals surface area contributed by atoms with E-state index in [1.807, 2.05) is 7.05 Å². The molecule has 0 radical (unpaired) electrons. The van der Waals surface area contributed by atoms with Gasteiger partial charge in [-0.3, -0.25) is 0 Å². The number of fused-ring (bicyclic) bond motifs is 1. The highest BCUT2D eigenvalue weighted by molar-refractivity contribution is 7.18. The molecule has 3 rings (SSSR count). The number of thiophene rings is 1. The molecule has 1 aliphatic rings. The van der Waals surface area contributed by atoms with Crippen molar-refractivity contribution >= 4 is 33.3 Å². The second-order valence-electron chi connectivity index (χ2n) is 6.14. The summed E-state index contributed by atoms with van der Waals surface area (Å²) in [6.45, 7) is 5.46. The van der Waals surface area contributed by atoms with E-state index >= 15 is 0 Å². The highest BCUT2D eigenvalue weighted by Crippen LogP contribution is 2.41. The van der Waals surface area contributed by atoms with Crippen molar-refractivity contribution in [3.05, 3.63) is 10.9 Å². The number of aryl methyl sites for hydroxylation is 1. The van der Waals surface area contributed by atoms with Crippen LogP contribution in [0.3, 0.4) is 0 Å². The molecular weight excluding hydrogens is 280 g/mol. The molecule has 1 fully saturated rings. The molecule has 2 heterocycles. The maximum Gasteiger partial charge on any atom is 0.225 e. The fourth-order valence-corrected chi connectivity index (χ4v) is 4.22. The lowest BCUT2D eigenvalue weighted by atomic mass is 9.83. The molecule has 0 spiro atoms. The molecule has 2 N–H and O–H groups in total. The van der Waals surface area contributed by atoms with Crippen LogP contribution < -0.4 is 10.6 Å². The van der Waals surface area contributed by atoms with Gasteiger partial charge in [-0.15, -0.1) is 11.3 Å². The van der Waals surface area contributed by atoms with Crippen molar-refractivity contribution in [1.82, 2.24) is 9.97 Å². The molecule has 21 heavy (non-hydrogen) atoms. The summed E-state index contributed by atoms with van der Waals surface area (Å²) in [5.41, 5.74) is 0.460. The minimum Gasteiger partial charge on any atom is -0.369 e. The maximum absolute atomic E-state index is 4.63. The Bertz CT molecular complexity index is 628. The first kappa shape index (κ1) is 14.6. The Morgan fingerprint density at radius 2 is 2.05 bits per heavy atom. The van der Waals surface area contributed by atoms with Gasteiger partial charge in [0.15, 0.2) is 0 Å². The summed E-state index contributed by atoms with van der Waals surface area (Å²) < 4.78 is 0. The van der Waals surface area contributed by atoms with Crippen molar-refractivity contribution in [3.63, 3.8) is 0 Å². The summed E-state index contributed by atoms with van der Waals surface area (Å²) in [5, 5.41) is 7.84. The third-order valence-corrected chi connectivity index (χ3v) is 5.73. The predicted octanol–water partition coefficient (Wildman–Crippen LogP) is 4.42. The summed E-state index contributed by atoms with van der Waals surface area (Å²) in [6, 6.07) is 2.19. The Morgan fingerprint density at radius 1 is 1.29 bits per heavy atom. The van der Waals surface area contributed by atoms with Crippen LogP contribution in [0.15, 0.2) is 6.07 Å². The third-order valence-electron chi connectivity index (χ3n) is 4.78. The van der Waals surface area contributed by atoms with E-state index in [1.54, 1.807) is 11.3 Å². The second-order valence-corrected chi connectivity index (χ2v) is 7.37. The van der Waals surface area contributed by atoms with Gasteiger partial charge in [0.2, 0.25) is 5.95 Å². The van der Waals surface area contributed by atoms with Gasteiger partial charge < -0.3 is 10.6 Å². The van der Waals surface area contributed by atoms with Crippen LogP contribution in [0.25, 0.3) is 10.2 Å². The van der Waals surface area contributed by atoms with Crippen LogP contribution in [-0.2, 0) is 0 Å². The lowest BCUT2D eigenvalue weighted by molar-refractivity contribution is 0.306. The predicted molar refractivity (Wildman–Crippen MR) is 91.4 cm³/mol. The van der Waals surface area contributed by atoms with Crippen molar-refractivity contribution in [2.45, 2.75) is 46.0 Å². The number of aromatic nitrogens is 2. The van der Waals surface area contributed by atoms with Gasteiger partial charge in [-0.05, 0) is 37.7 Å². The molecule has 0 bridgehead atoms. The summed E-state index contributed by atoms with van der Waals surface area (Å²) in [7, 11) is 1.87. The molecule has 0 aliphatic heterocycles. The Morgan fingerprint density at radius 3 is 2.71 bits per heavy atom. The normalized spacial score (nSPS) is 17.3. The number of rotatable bonds is 5. The van der Waals surface area contributed by atoms with Gasteiger partial charge in [0, 0.05) is 18.5 Å². The zero-order valence-electron chi connectivity index (χ0n) is 13.1. The SMILES string of the molecule is CCC1(CNc2nc(NC)nc3sc(C)cc23)CCCC1. The summed E-state index contributed by atoms with van der Waals surface area (Å²) in [6.07, 6.45) is 6.66. The van der Waals surface area contributed by atoms with Gasteiger partial charge in [-0.2, -0.15) is 4.98 Å². The molecule has 114 valence electrons. The summed E-state index contributed by atoms with van der Waals surface area (Å²) in [4.78, 5) is 11.5. The van der Waals surface area contributed by atoms with Gasteiger partial charge >= 0.3 is 0 Å². The molecule has 1 aliphatic carbocycles. The van der Waals surface area contributed by atoms with E-state index in [2.05, 4.69) is 40.5 Å². The topological polar surface area (TPSA) is 49.8 Å². The van der Waals surface area contributed by atoms with Crippen LogP contribution in [0.1, 0.15) is 43.9 Å². The van der Waals surface area contributed by atoms with E-state index < -0.39 is 0 Å². The summed E-state index contributed by atoms with van der Waals surface area (Å²) in [5.74, 6) is 1.68. The second kappa shape index (κ2) is 5.79. The number of nitrogens with one attached hydrogen (secondary N) is 2. The Hall–Kier alpha value is -1.36. The largest absolute Gasteiger partial charge is 0.369 e. The molecular formula is C16H24N4S. The van der Waals surface area contributed by atoms with E-state index in [4.69, 9.17) is 0 Å². The smallest absolute Gasteiger partial charge is 0.225 e. The van der Waals surface area contributed by atoms with E-state index in [0.717, 1.165) is 22.6 Å². The van der Waals surface area contributed by atoms with Gasteiger partial charge in [0.25, 0.3) is 0 Å². The van der Waals surface area contributed by atoms with E-state index in [1.165, 1.54) is 37.0 Å². The Kier molecular flexibility index (Phi) is 4.02. The highest BCUT2D eigenvalue weighted by atomic mass is 32.1. The van der Waals surface area contributed by atoms with E-state index in [-0.39, 0.29) is 0 Å². The van der Waals surface area contributed by atoms with Crippen molar-refractivity contribution in [1.29, 1.82) is 0 Å². The van der Waals surface area contributed by atoms with E-state index in [9.17, 15) is 0 Å². The quantitative estimate of drug-likeness (QED) is 0.858. The first-order valence-electron chi connectivity index (χ1n) is 7.85. The van der Waals surface area contributed by atoms with Gasteiger partial charge in [-0.1, -0.05) is 19.8 Å². The zero-order chi connectivity index (χ0) is 14.9. The minimum atomic E-state index is 0.460. The minimum absolute atomic E-state index is 0.460. The number of hydrogen-bond donors (Lipinski definition) is 2. The zero-order valence-corrected chi connectivity index (χ0v) is 13.9. The Labute approximate surface area is 130 Å². The molecule has 5 heteroatoms. The molecule has 2 aromatic rings. The molecule has 0 saturated heterocycles. The van der Waals surface area contributed by atoms with Gasteiger partial charge in [-0.25, -0.2) is 4.98 Å². The van der Waals surface area contributed by atoms with Crippen molar-refractivity contribution in [2.24, 2.45) is 5.41 Å². The molecule has 2 aromatic heterocycles. The van der Waals surface area contributed by atoms with Crippen molar-refractivity contribution in [2.75, 3.05) is 24.2 Å². The summed E-state index contributed by atoms with van der Waals surface area (Å²) >= 11 is 1.73. The lowest BCUT2D eigenvalue weighted by Gasteiger charge is -2.28. The van der Waals surface area contributed by atoms with Crippen LogP contribution >= 0.6 is 11.3 Å². The fourth-order valence-electron chi connectivity index (χ4n) is 3.34. The van der Waals surface area contributed by atoms with Crippen molar-refractivity contribution in [3.8, 4) is 0 Å². The van der Waals surface area contributed by atoms with Crippen LogP contribution in [0, 0.1) is 12.3 Å². The third kappa shape index (κ3) is 2.84. The van der Waals surface area contributed by atoms with Gasteiger partial charge in [0.1, 0.15) is 10.6 Å². The maximum atomic E-state index is 4.63. The highest BCUT2D eigenvalue weighted by Gasteiger charge is 2.31. The molecule has 0 unspecified atom stereocenters. The van der Waals surface area contributed by atoms with Crippen LogP contribution in [0.5, 0.6) is 0 Å². The molecule has 1 saturated carbocycles. The lowest BCUT2D eigenvalue weighted by Crippen LogP contribution is -2.26. The number of anilines is 2. The number of hydrogen-bond acceptors (Lipinski definition) is 5. The number of nitrogens with zero attached hydrogens (tertiary/aromatic N) is 2. The average molecular weight is 304 g/mol. The fraction of sp³-hybridized carbons (Fsp3) is 0.625. The van der Waals surface area contributed by atoms with Gasteiger partial charge in [0.05, 0.1) is 5.39 Å². The average Bonchev–Trinajstić information content (AvgIpc) is 3.10. The first-order valence-corrected chi connectivity index (χ1v) is 8.67. The molecule has 0 amide bonds. The Balaban J connectivity index is 1.88. The standard InChI is InChI=1S/C16H24N4S/c1-4-16(7-5-6-8-16)10-18-13-12-9-11(2)21-14(12)20-15(17-3)19-13/h9H,4-8,10H2,1-3H3,(H2,17,18,19,20). The molecule has 4 nitrogen and oxygen atoms in total. The van der Waals surface area contributed by atoms with Crippen LogP contribution in [0.2, 0.25) is 0 Å². The van der Waals surface area contributed by atoms with E-state index in [0.29, 0.717) is 11.4 Å². The van der Waals surface area contributed by atoms with Crippen molar-refractivity contribution < 1.29 is 0 Å². The first-order chi connectivity index (χ1) is 10.2.